The predicted molar refractivity (Wildman–Crippen MR) is 81.5 cm³/mol. The van der Waals surface area contributed by atoms with E-state index < -0.39 is 18.4 Å². The van der Waals surface area contributed by atoms with Gasteiger partial charge < -0.3 is 14.7 Å². The van der Waals surface area contributed by atoms with Crippen LogP contribution in [0.3, 0.4) is 0 Å². The molecule has 0 unspecified atom stereocenters. The number of aliphatic carboxylic acids is 1. The van der Waals surface area contributed by atoms with E-state index in [4.69, 9.17) is 9.84 Å². The number of halogens is 1. The summed E-state index contributed by atoms with van der Waals surface area (Å²) in [5.41, 5.74) is 0.544. The second-order valence-corrected chi connectivity index (χ2v) is 4.98. The summed E-state index contributed by atoms with van der Waals surface area (Å²) in [5, 5.41) is 13.0. The minimum absolute atomic E-state index is 0.103. The van der Waals surface area contributed by atoms with E-state index in [1.807, 2.05) is 0 Å². The number of nitrogens with zero attached hydrogens (tertiary/aromatic N) is 4. The molecule has 0 aliphatic carbocycles. The molecule has 128 valence electrons. The fourth-order valence-electron chi connectivity index (χ4n) is 2.07. The van der Waals surface area contributed by atoms with Gasteiger partial charge in [0.2, 0.25) is 5.82 Å². The van der Waals surface area contributed by atoms with Crippen molar-refractivity contribution >= 4 is 11.9 Å². The van der Waals surface area contributed by atoms with E-state index in [0.717, 1.165) is 4.90 Å². The van der Waals surface area contributed by atoms with Gasteiger partial charge in [0.1, 0.15) is 18.2 Å². The van der Waals surface area contributed by atoms with Crippen molar-refractivity contribution in [2.24, 2.45) is 0 Å². The summed E-state index contributed by atoms with van der Waals surface area (Å²) >= 11 is 0. The highest BCUT2D eigenvalue weighted by atomic mass is 19.1. The molecule has 24 heavy (non-hydrogen) atoms. The molecule has 8 nitrogen and oxygen atoms in total. The van der Waals surface area contributed by atoms with Gasteiger partial charge in [0.15, 0.2) is 0 Å². The number of carboxylic acid groups (broad SMARTS) is 1. The van der Waals surface area contributed by atoms with Crippen molar-refractivity contribution in [2.75, 3.05) is 26.8 Å². The van der Waals surface area contributed by atoms with E-state index >= 15 is 0 Å². The first-order chi connectivity index (χ1) is 11.4. The van der Waals surface area contributed by atoms with Crippen LogP contribution in [0.2, 0.25) is 0 Å². The summed E-state index contributed by atoms with van der Waals surface area (Å²) in [6.07, 6.45) is 0. The number of aryl methyl sites for hydroxylation is 1. The molecule has 0 aliphatic rings. The molecular weight excluding hydrogens is 319 g/mol. The highest BCUT2D eigenvalue weighted by Crippen LogP contribution is 2.11. The van der Waals surface area contributed by atoms with Gasteiger partial charge in [-0.05, 0) is 31.2 Å². The summed E-state index contributed by atoms with van der Waals surface area (Å²) < 4.78 is 19.3. The fraction of sp³-hybridized carbons (Fsp3) is 0.333. The summed E-state index contributed by atoms with van der Waals surface area (Å²) in [6, 6.07) is 5.55. The quantitative estimate of drug-likeness (QED) is 0.806. The van der Waals surface area contributed by atoms with Crippen LogP contribution in [0.1, 0.15) is 16.4 Å². The highest BCUT2D eigenvalue weighted by Gasteiger charge is 2.23. The van der Waals surface area contributed by atoms with Crippen LogP contribution in [0.15, 0.2) is 24.3 Å². The molecule has 0 radical (unpaired) electrons. The molecule has 0 atom stereocenters. The smallest absolute Gasteiger partial charge is 0.323 e. The Balaban J connectivity index is 2.27. The highest BCUT2D eigenvalue weighted by molar-refractivity contribution is 5.92. The molecular formula is C15H17FN4O4. The van der Waals surface area contributed by atoms with E-state index in [2.05, 4.69) is 10.1 Å². The van der Waals surface area contributed by atoms with Crippen LogP contribution in [0, 0.1) is 12.7 Å². The molecule has 0 saturated carbocycles. The van der Waals surface area contributed by atoms with E-state index in [9.17, 15) is 14.0 Å². The minimum atomic E-state index is -1.14. The second-order valence-electron chi connectivity index (χ2n) is 4.98. The van der Waals surface area contributed by atoms with Crippen LogP contribution in [-0.4, -0.2) is 63.5 Å². The van der Waals surface area contributed by atoms with E-state index in [-0.39, 0.29) is 24.8 Å². The lowest BCUT2D eigenvalue weighted by atomic mass is 10.3. The molecule has 0 spiro atoms. The van der Waals surface area contributed by atoms with Crippen molar-refractivity contribution in [1.29, 1.82) is 0 Å². The Morgan fingerprint density at radius 2 is 2.00 bits per heavy atom. The average molecular weight is 336 g/mol. The first kappa shape index (κ1) is 17.5. The van der Waals surface area contributed by atoms with Gasteiger partial charge >= 0.3 is 5.97 Å². The van der Waals surface area contributed by atoms with Crippen LogP contribution in [-0.2, 0) is 9.53 Å². The van der Waals surface area contributed by atoms with Crippen LogP contribution < -0.4 is 0 Å². The molecule has 0 saturated heterocycles. The monoisotopic (exact) mass is 336 g/mol. The molecule has 0 fully saturated rings. The number of carbonyl (C=O) groups excluding carboxylic acids is 1. The van der Waals surface area contributed by atoms with Gasteiger partial charge in [-0.2, -0.15) is 0 Å². The Labute approximate surface area is 137 Å². The van der Waals surface area contributed by atoms with E-state index in [0.29, 0.717) is 11.5 Å². The van der Waals surface area contributed by atoms with Gasteiger partial charge in [-0.15, -0.1) is 5.10 Å². The Bertz CT molecular complexity index is 730. The van der Waals surface area contributed by atoms with Crippen LogP contribution in [0.4, 0.5) is 4.39 Å². The Hall–Kier alpha value is -2.81. The number of benzene rings is 1. The Morgan fingerprint density at radius 1 is 1.33 bits per heavy atom. The number of carbonyl (C=O) groups is 2. The normalized spacial score (nSPS) is 10.6. The summed E-state index contributed by atoms with van der Waals surface area (Å²) in [7, 11) is 1.45. The first-order valence-corrected chi connectivity index (χ1v) is 7.12. The lowest BCUT2D eigenvalue weighted by Crippen LogP contribution is -2.38. The van der Waals surface area contributed by atoms with Gasteiger partial charge in [0.25, 0.3) is 5.91 Å². The standard InChI is InChI=1S/C15H17FN4O4/c1-10-17-14(15(23)19(7-8-24-2)9-13(21)22)18-20(10)12-5-3-11(16)4-6-12/h3-6H,7-9H2,1-2H3,(H,21,22). The summed E-state index contributed by atoms with van der Waals surface area (Å²) in [6.45, 7) is 1.46. The maximum atomic E-state index is 13.0. The molecule has 1 amide bonds. The molecule has 2 rings (SSSR count). The maximum absolute atomic E-state index is 13.0. The third-order valence-electron chi connectivity index (χ3n) is 3.21. The van der Waals surface area contributed by atoms with Crippen LogP contribution in [0.5, 0.6) is 0 Å². The summed E-state index contributed by atoms with van der Waals surface area (Å²) in [4.78, 5) is 28.5. The average Bonchev–Trinajstić information content (AvgIpc) is 2.93. The van der Waals surface area contributed by atoms with Crippen molar-refractivity contribution in [3.05, 3.63) is 41.7 Å². The van der Waals surface area contributed by atoms with Gasteiger partial charge in [0, 0.05) is 13.7 Å². The number of hydrogen-bond acceptors (Lipinski definition) is 5. The van der Waals surface area contributed by atoms with Crippen LogP contribution in [0.25, 0.3) is 5.69 Å². The zero-order valence-electron chi connectivity index (χ0n) is 13.3. The van der Waals surface area contributed by atoms with Crippen molar-refractivity contribution in [3.8, 4) is 5.69 Å². The molecule has 0 bridgehead atoms. The van der Waals surface area contributed by atoms with Crippen molar-refractivity contribution in [3.63, 3.8) is 0 Å². The Morgan fingerprint density at radius 3 is 2.58 bits per heavy atom. The predicted octanol–water partition coefficient (Wildman–Crippen LogP) is 0.888. The molecule has 1 N–H and O–H groups in total. The van der Waals surface area contributed by atoms with Crippen LogP contribution >= 0.6 is 0 Å². The largest absolute Gasteiger partial charge is 0.480 e. The molecule has 1 aromatic carbocycles. The Kier molecular flexibility index (Phi) is 5.59. The zero-order chi connectivity index (χ0) is 17.7. The lowest BCUT2D eigenvalue weighted by Gasteiger charge is -2.18. The summed E-state index contributed by atoms with van der Waals surface area (Å²) in [5.74, 6) is -1.85. The lowest BCUT2D eigenvalue weighted by molar-refractivity contribution is -0.137. The fourth-order valence-corrected chi connectivity index (χ4v) is 2.07. The SMILES string of the molecule is COCCN(CC(=O)O)C(=O)c1nc(C)n(-c2ccc(F)cc2)n1. The van der Waals surface area contributed by atoms with Crippen molar-refractivity contribution in [1.82, 2.24) is 19.7 Å². The first-order valence-electron chi connectivity index (χ1n) is 7.12. The molecule has 0 aliphatic heterocycles. The van der Waals surface area contributed by atoms with E-state index in [1.54, 1.807) is 6.92 Å². The zero-order valence-corrected chi connectivity index (χ0v) is 13.3. The third kappa shape index (κ3) is 4.13. The number of ether oxygens (including phenoxy) is 1. The number of aromatic nitrogens is 3. The maximum Gasteiger partial charge on any atom is 0.323 e. The number of carboxylic acids is 1. The van der Waals surface area contributed by atoms with Gasteiger partial charge in [-0.3, -0.25) is 9.59 Å². The number of rotatable bonds is 7. The molecule has 1 aromatic heterocycles. The molecule has 2 aromatic rings. The van der Waals surface area contributed by atoms with Gasteiger partial charge in [-0.1, -0.05) is 0 Å². The third-order valence-corrected chi connectivity index (χ3v) is 3.21. The van der Waals surface area contributed by atoms with Crippen molar-refractivity contribution < 1.29 is 23.8 Å². The number of amides is 1. The molecule has 1 heterocycles. The van der Waals surface area contributed by atoms with E-state index in [1.165, 1.54) is 36.1 Å². The topological polar surface area (TPSA) is 97.5 Å². The molecule has 9 heteroatoms. The van der Waals surface area contributed by atoms with Gasteiger partial charge in [0.05, 0.1) is 12.3 Å². The number of hydrogen-bond donors (Lipinski definition) is 1. The van der Waals surface area contributed by atoms with Gasteiger partial charge in [-0.25, -0.2) is 14.1 Å². The number of methoxy groups -OCH3 is 1. The second kappa shape index (κ2) is 7.64. The van der Waals surface area contributed by atoms with Crippen molar-refractivity contribution in [2.45, 2.75) is 6.92 Å². The minimum Gasteiger partial charge on any atom is -0.480 e.